The molecule has 2 aromatic carbocycles. The molecule has 1 amide bonds. The third kappa shape index (κ3) is 5.61. The Hall–Kier alpha value is -3.59. The third-order valence-corrected chi connectivity index (χ3v) is 6.30. The van der Waals surface area contributed by atoms with Crippen LogP contribution in [-0.4, -0.2) is 57.1 Å². The van der Waals surface area contributed by atoms with E-state index in [1.165, 1.54) is 24.3 Å². The molecule has 33 heavy (non-hydrogen) atoms. The van der Waals surface area contributed by atoms with Crippen molar-refractivity contribution in [1.82, 2.24) is 9.80 Å². The van der Waals surface area contributed by atoms with Gasteiger partial charge in [-0.15, -0.1) is 0 Å². The Labute approximate surface area is 191 Å². The van der Waals surface area contributed by atoms with Crippen LogP contribution in [0.15, 0.2) is 59.1 Å². The van der Waals surface area contributed by atoms with Gasteiger partial charge in [-0.2, -0.15) is 5.26 Å². The van der Waals surface area contributed by atoms with Crippen LogP contribution in [0.2, 0.25) is 0 Å². The Balaban J connectivity index is 1.31. The summed E-state index contributed by atoms with van der Waals surface area (Å²) < 4.78 is 33.4. The predicted octanol–water partition coefficient (Wildman–Crippen LogP) is 1.23. The van der Waals surface area contributed by atoms with Crippen LogP contribution < -0.4 is 19.9 Å². The average molecular weight is 470 g/mol. The summed E-state index contributed by atoms with van der Waals surface area (Å²) in [4.78, 5) is 16.7. The standard InChI is InChI=1S/C22H23N5O5S/c23-12-17(22(28)25-18-2-4-19(5-3-18)33(24,29)30)14-27-9-7-26(8-10-27)13-16-1-6-20-21(11-16)32-15-31-20/h1-6,11,14H,7-10,13,15H2,(H,25,28)(H2,24,29,30)/b17-14-. The van der Waals surface area contributed by atoms with Gasteiger partial charge in [0.1, 0.15) is 11.6 Å². The van der Waals surface area contributed by atoms with E-state index < -0.39 is 15.9 Å². The van der Waals surface area contributed by atoms with Crippen molar-refractivity contribution in [2.24, 2.45) is 5.14 Å². The summed E-state index contributed by atoms with van der Waals surface area (Å²) in [6, 6.07) is 13.3. The summed E-state index contributed by atoms with van der Waals surface area (Å²) in [5, 5.41) is 17.1. The molecule has 1 saturated heterocycles. The molecular weight excluding hydrogens is 446 g/mol. The van der Waals surface area contributed by atoms with Crippen LogP contribution in [0.4, 0.5) is 5.69 Å². The molecule has 2 heterocycles. The predicted molar refractivity (Wildman–Crippen MR) is 120 cm³/mol. The van der Waals surface area contributed by atoms with Crippen molar-refractivity contribution in [3.8, 4) is 17.6 Å². The van der Waals surface area contributed by atoms with Gasteiger partial charge in [-0.25, -0.2) is 13.6 Å². The minimum atomic E-state index is -3.81. The summed E-state index contributed by atoms with van der Waals surface area (Å²) >= 11 is 0. The number of amides is 1. The summed E-state index contributed by atoms with van der Waals surface area (Å²) in [5.74, 6) is 0.957. The van der Waals surface area contributed by atoms with Gasteiger partial charge >= 0.3 is 0 Å². The number of fused-ring (bicyclic) bond motifs is 1. The smallest absolute Gasteiger partial charge is 0.267 e. The largest absolute Gasteiger partial charge is 0.454 e. The van der Waals surface area contributed by atoms with Crippen molar-refractivity contribution in [3.63, 3.8) is 0 Å². The number of anilines is 1. The molecule has 2 aromatic rings. The van der Waals surface area contributed by atoms with Gasteiger partial charge < -0.3 is 19.7 Å². The molecule has 0 unspecified atom stereocenters. The number of sulfonamides is 1. The average Bonchev–Trinajstić information content (AvgIpc) is 3.26. The van der Waals surface area contributed by atoms with E-state index in [0.717, 1.165) is 36.7 Å². The highest BCUT2D eigenvalue weighted by atomic mass is 32.2. The number of nitriles is 1. The van der Waals surface area contributed by atoms with E-state index in [0.29, 0.717) is 18.8 Å². The number of piperazine rings is 1. The van der Waals surface area contributed by atoms with Gasteiger partial charge in [-0.05, 0) is 42.0 Å². The van der Waals surface area contributed by atoms with Crippen molar-refractivity contribution < 1.29 is 22.7 Å². The summed E-state index contributed by atoms with van der Waals surface area (Å²) in [7, 11) is -3.81. The van der Waals surface area contributed by atoms with E-state index in [2.05, 4.69) is 10.2 Å². The number of carbonyl (C=O) groups excluding carboxylic acids is 1. The fourth-order valence-electron chi connectivity index (χ4n) is 3.60. The van der Waals surface area contributed by atoms with Gasteiger partial charge in [0.25, 0.3) is 5.91 Å². The van der Waals surface area contributed by atoms with Crippen LogP contribution >= 0.6 is 0 Å². The maximum absolute atomic E-state index is 12.5. The Morgan fingerprint density at radius 2 is 1.79 bits per heavy atom. The topological polar surface area (TPSA) is 138 Å². The molecule has 1 fully saturated rings. The zero-order valence-electron chi connectivity index (χ0n) is 17.7. The first-order chi connectivity index (χ1) is 15.8. The number of nitrogens with zero attached hydrogens (tertiary/aromatic N) is 3. The Kier molecular flexibility index (Phi) is 6.50. The molecule has 0 radical (unpaired) electrons. The maximum atomic E-state index is 12.5. The van der Waals surface area contributed by atoms with Gasteiger partial charge in [0.15, 0.2) is 11.5 Å². The molecule has 172 valence electrons. The fourth-order valence-corrected chi connectivity index (χ4v) is 4.11. The molecule has 4 rings (SSSR count). The lowest BCUT2D eigenvalue weighted by Crippen LogP contribution is -2.43. The molecule has 10 nitrogen and oxygen atoms in total. The lowest BCUT2D eigenvalue weighted by molar-refractivity contribution is -0.112. The Bertz CT molecular complexity index is 1210. The number of ether oxygens (including phenoxy) is 2. The van der Waals surface area contributed by atoms with Crippen LogP contribution in [0.3, 0.4) is 0 Å². The quantitative estimate of drug-likeness (QED) is 0.476. The molecule has 0 saturated carbocycles. The number of nitrogens with two attached hydrogens (primary N) is 1. The van der Waals surface area contributed by atoms with Crippen LogP contribution in [0, 0.1) is 11.3 Å². The van der Waals surface area contributed by atoms with Crippen molar-refractivity contribution >= 4 is 21.6 Å². The molecule has 11 heteroatoms. The van der Waals surface area contributed by atoms with E-state index in [1.807, 2.05) is 29.2 Å². The monoisotopic (exact) mass is 469 g/mol. The molecule has 0 aliphatic carbocycles. The first-order valence-electron chi connectivity index (χ1n) is 10.2. The third-order valence-electron chi connectivity index (χ3n) is 5.37. The van der Waals surface area contributed by atoms with Crippen molar-refractivity contribution in [2.45, 2.75) is 11.4 Å². The lowest BCUT2D eigenvalue weighted by atomic mass is 10.1. The second-order valence-electron chi connectivity index (χ2n) is 7.68. The SMILES string of the molecule is N#C/C(=C/N1CCN(Cc2ccc3c(c2)OCO3)CC1)C(=O)Nc1ccc(S(N)(=O)=O)cc1. The number of carbonyl (C=O) groups is 1. The van der Waals surface area contributed by atoms with Gasteiger partial charge in [-0.1, -0.05) is 6.07 Å². The summed E-state index contributed by atoms with van der Waals surface area (Å²) in [6.07, 6.45) is 1.56. The molecule has 0 spiro atoms. The molecule has 0 aromatic heterocycles. The molecule has 3 N–H and O–H groups in total. The minimum Gasteiger partial charge on any atom is -0.454 e. The normalized spacial score (nSPS) is 16.4. The van der Waals surface area contributed by atoms with E-state index in [-0.39, 0.29) is 17.3 Å². The highest BCUT2D eigenvalue weighted by Gasteiger charge is 2.19. The van der Waals surface area contributed by atoms with Crippen LogP contribution in [0.5, 0.6) is 11.5 Å². The van der Waals surface area contributed by atoms with Crippen molar-refractivity contribution in [1.29, 1.82) is 5.26 Å². The van der Waals surface area contributed by atoms with E-state index >= 15 is 0 Å². The summed E-state index contributed by atoms with van der Waals surface area (Å²) in [5.41, 5.74) is 1.46. The van der Waals surface area contributed by atoms with Gasteiger partial charge in [-0.3, -0.25) is 9.69 Å². The molecular formula is C22H23N5O5S. The van der Waals surface area contributed by atoms with E-state index in [9.17, 15) is 18.5 Å². The number of hydrogen-bond acceptors (Lipinski definition) is 8. The number of rotatable bonds is 6. The lowest BCUT2D eigenvalue weighted by Gasteiger charge is -2.34. The number of benzene rings is 2. The van der Waals surface area contributed by atoms with Crippen molar-refractivity contribution in [3.05, 3.63) is 59.8 Å². The van der Waals surface area contributed by atoms with Gasteiger partial charge in [0.2, 0.25) is 16.8 Å². The Morgan fingerprint density at radius 3 is 2.45 bits per heavy atom. The first kappa shape index (κ1) is 22.6. The highest BCUT2D eigenvalue weighted by molar-refractivity contribution is 7.89. The molecule has 2 aliphatic rings. The Morgan fingerprint density at radius 1 is 1.09 bits per heavy atom. The fraction of sp³-hybridized carbons (Fsp3) is 0.273. The van der Waals surface area contributed by atoms with Crippen LogP contribution in [0.1, 0.15) is 5.56 Å². The molecule has 0 atom stereocenters. The molecule has 2 aliphatic heterocycles. The zero-order valence-corrected chi connectivity index (χ0v) is 18.5. The minimum absolute atomic E-state index is 0.0326. The number of hydrogen-bond donors (Lipinski definition) is 2. The van der Waals surface area contributed by atoms with Gasteiger partial charge in [0.05, 0.1) is 4.90 Å². The maximum Gasteiger partial charge on any atom is 0.267 e. The summed E-state index contributed by atoms with van der Waals surface area (Å²) in [6.45, 7) is 3.92. The van der Waals surface area contributed by atoms with Gasteiger partial charge in [0, 0.05) is 44.6 Å². The van der Waals surface area contributed by atoms with E-state index in [1.54, 1.807) is 6.20 Å². The zero-order chi connectivity index (χ0) is 23.4. The van der Waals surface area contributed by atoms with Crippen LogP contribution in [0.25, 0.3) is 0 Å². The number of primary sulfonamides is 1. The van der Waals surface area contributed by atoms with E-state index in [4.69, 9.17) is 14.6 Å². The highest BCUT2D eigenvalue weighted by Crippen LogP contribution is 2.32. The molecule has 0 bridgehead atoms. The second kappa shape index (κ2) is 9.50. The number of nitrogens with one attached hydrogen (secondary N) is 1. The second-order valence-corrected chi connectivity index (χ2v) is 9.24. The van der Waals surface area contributed by atoms with Crippen LogP contribution in [-0.2, 0) is 21.4 Å². The first-order valence-corrected chi connectivity index (χ1v) is 11.8. The van der Waals surface area contributed by atoms with Crippen molar-refractivity contribution in [2.75, 3.05) is 38.3 Å².